The molecular weight excluding hydrogens is 146 g/mol. The van der Waals surface area contributed by atoms with E-state index in [0.29, 0.717) is 13.0 Å². The van der Waals surface area contributed by atoms with Gasteiger partial charge in [0.25, 0.3) is 0 Å². The molecule has 1 heterocycles. The fraction of sp³-hybridized carbons (Fsp3) is 0.571. The molecule has 0 aromatic rings. The maximum Gasteiger partial charge on any atom is 0.224 e. The lowest BCUT2D eigenvalue weighted by Gasteiger charge is -2.11. The molecular formula is C7H11NOS. The van der Waals surface area contributed by atoms with E-state index in [9.17, 15) is 4.79 Å². The average molecular weight is 157 g/mol. The van der Waals surface area contributed by atoms with E-state index in [1.54, 1.807) is 11.0 Å². The Bertz CT molecular complexity index is 158. The first-order chi connectivity index (χ1) is 4.74. The lowest BCUT2D eigenvalue weighted by Crippen LogP contribution is -2.24. The van der Waals surface area contributed by atoms with Gasteiger partial charge in [-0.15, -0.1) is 6.58 Å². The Morgan fingerprint density at radius 2 is 2.60 bits per heavy atom. The van der Waals surface area contributed by atoms with Crippen LogP contribution in [0.5, 0.6) is 0 Å². The van der Waals surface area contributed by atoms with Crippen LogP contribution < -0.4 is 0 Å². The number of carbonyl (C=O) groups excluding carboxylic acids is 1. The number of thiol groups is 1. The van der Waals surface area contributed by atoms with Gasteiger partial charge in [0.15, 0.2) is 0 Å². The predicted molar refractivity (Wildman–Crippen MR) is 44.2 cm³/mol. The van der Waals surface area contributed by atoms with Gasteiger partial charge in [-0.3, -0.25) is 4.79 Å². The van der Waals surface area contributed by atoms with Gasteiger partial charge in [0.1, 0.15) is 0 Å². The van der Waals surface area contributed by atoms with E-state index in [4.69, 9.17) is 0 Å². The van der Waals surface area contributed by atoms with E-state index in [0.717, 1.165) is 6.54 Å². The van der Waals surface area contributed by atoms with Crippen molar-refractivity contribution in [3.05, 3.63) is 12.7 Å². The average Bonchev–Trinajstić information content (AvgIpc) is 2.13. The van der Waals surface area contributed by atoms with Crippen LogP contribution in [0.4, 0.5) is 0 Å². The number of rotatable bonds is 2. The highest BCUT2D eigenvalue weighted by Gasteiger charge is 2.25. The summed E-state index contributed by atoms with van der Waals surface area (Å²) in [6.07, 6.45) is 2.32. The Balaban J connectivity index is 2.46. The monoisotopic (exact) mass is 157 g/mol. The second kappa shape index (κ2) is 3.10. The van der Waals surface area contributed by atoms with Gasteiger partial charge in [-0.25, -0.2) is 0 Å². The van der Waals surface area contributed by atoms with Crippen LogP contribution in [0, 0.1) is 0 Å². The van der Waals surface area contributed by atoms with E-state index < -0.39 is 0 Å². The third-order valence-corrected chi connectivity index (χ3v) is 1.89. The van der Waals surface area contributed by atoms with Crippen LogP contribution in [0.1, 0.15) is 6.42 Å². The molecule has 0 aromatic heterocycles. The van der Waals surface area contributed by atoms with Crippen molar-refractivity contribution in [1.29, 1.82) is 0 Å². The normalized spacial score (nSPS) is 25.5. The first-order valence-corrected chi connectivity index (χ1v) is 3.82. The second-order valence-corrected chi connectivity index (χ2v) is 3.18. The van der Waals surface area contributed by atoms with Gasteiger partial charge >= 0.3 is 0 Å². The summed E-state index contributed by atoms with van der Waals surface area (Å²) >= 11 is 4.21. The summed E-state index contributed by atoms with van der Waals surface area (Å²) in [5.74, 6) is 0.194. The van der Waals surface area contributed by atoms with Crippen molar-refractivity contribution in [3.8, 4) is 0 Å². The van der Waals surface area contributed by atoms with Crippen molar-refractivity contribution in [2.75, 3.05) is 13.1 Å². The fourth-order valence-corrected chi connectivity index (χ4v) is 1.44. The highest BCUT2D eigenvalue weighted by Crippen LogP contribution is 2.14. The molecule has 1 aliphatic heterocycles. The molecule has 56 valence electrons. The van der Waals surface area contributed by atoms with Gasteiger partial charge in [0, 0.05) is 24.8 Å². The molecule has 1 amide bonds. The van der Waals surface area contributed by atoms with Gasteiger partial charge < -0.3 is 4.90 Å². The van der Waals surface area contributed by atoms with E-state index in [1.807, 2.05) is 0 Å². The molecule has 0 aromatic carbocycles. The minimum absolute atomic E-state index is 0.194. The Morgan fingerprint density at radius 1 is 1.90 bits per heavy atom. The summed E-state index contributed by atoms with van der Waals surface area (Å²) in [6.45, 7) is 5.00. The van der Waals surface area contributed by atoms with E-state index in [2.05, 4.69) is 19.2 Å². The molecule has 1 saturated heterocycles. The van der Waals surface area contributed by atoms with Crippen LogP contribution in [0.15, 0.2) is 12.7 Å². The third-order valence-electron chi connectivity index (χ3n) is 1.54. The summed E-state index contributed by atoms with van der Waals surface area (Å²) in [4.78, 5) is 12.8. The lowest BCUT2D eigenvalue weighted by molar-refractivity contribution is -0.127. The Morgan fingerprint density at radius 3 is 3.00 bits per heavy atom. The smallest absolute Gasteiger partial charge is 0.224 e. The van der Waals surface area contributed by atoms with E-state index in [1.165, 1.54) is 0 Å². The molecule has 0 aliphatic carbocycles. The third kappa shape index (κ3) is 1.53. The highest BCUT2D eigenvalue weighted by atomic mass is 32.1. The van der Waals surface area contributed by atoms with Crippen LogP contribution in [-0.4, -0.2) is 29.1 Å². The number of likely N-dealkylation sites (tertiary alicyclic amines) is 1. The van der Waals surface area contributed by atoms with Crippen molar-refractivity contribution in [3.63, 3.8) is 0 Å². The van der Waals surface area contributed by atoms with Crippen molar-refractivity contribution in [2.45, 2.75) is 11.7 Å². The zero-order chi connectivity index (χ0) is 7.56. The number of nitrogens with zero attached hydrogens (tertiary/aromatic N) is 1. The zero-order valence-corrected chi connectivity index (χ0v) is 6.68. The zero-order valence-electron chi connectivity index (χ0n) is 5.79. The van der Waals surface area contributed by atoms with Crippen LogP contribution >= 0.6 is 12.6 Å². The Labute approximate surface area is 66.3 Å². The van der Waals surface area contributed by atoms with Gasteiger partial charge in [0.05, 0.1) is 0 Å². The lowest BCUT2D eigenvalue weighted by atomic mass is 10.4. The minimum atomic E-state index is 0.194. The molecule has 10 heavy (non-hydrogen) atoms. The quantitative estimate of drug-likeness (QED) is 0.462. The van der Waals surface area contributed by atoms with Gasteiger partial charge in [0.2, 0.25) is 5.91 Å². The molecule has 2 nitrogen and oxygen atoms in total. The first-order valence-electron chi connectivity index (χ1n) is 3.30. The van der Waals surface area contributed by atoms with Crippen molar-refractivity contribution >= 4 is 18.5 Å². The molecule has 0 saturated carbocycles. The van der Waals surface area contributed by atoms with Crippen LogP contribution in [0.25, 0.3) is 0 Å². The van der Waals surface area contributed by atoms with Gasteiger partial charge in [-0.05, 0) is 0 Å². The maximum atomic E-state index is 11.0. The molecule has 3 heteroatoms. The molecule has 1 atom stereocenters. The highest BCUT2D eigenvalue weighted by molar-refractivity contribution is 7.81. The molecule has 1 rings (SSSR count). The SMILES string of the molecule is C=CCN1CC(S)CC1=O. The standard InChI is InChI=1S/C7H11NOS/c1-2-3-8-5-6(10)4-7(8)9/h2,6,10H,1,3-5H2. The number of hydrogen-bond acceptors (Lipinski definition) is 2. The molecule has 0 bridgehead atoms. The molecule has 0 radical (unpaired) electrons. The first kappa shape index (κ1) is 7.66. The topological polar surface area (TPSA) is 20.3 Å². The van der Waals surface area contributed by atoms with Crippen molar-refractivity contribution in [2.24, 2.45) is 0 Å². The summed E-state index contributed by atoms with van der Waals surface area (Å²) in [5.41, 5.74) is 0. The molecule has 0 spiro atoms. The fourth-order valence-electron chi connectivity index (χ4n) is 1.08. The van der Waals surface area contributed by atoms with Gasteiger partial charge in [-0.2, -0.15) is 12.6 Å². The van der Waals surface area contributed by atoms with Gasteiger partial charge in [-0.1, -0.05) is 6.08 Å². The molecule has 1 unspecified atom stereocenters. The van der Waals surface area contributed by atoms with E-state index >= 15 is 0 Å². The number of hydrogen-bond donors (Lipinski definition) is 1. The second-order valence-electron chi connectivity index (χ2n) is 2.45. The van der Waals surface area contributed by atoms with Crippen LogP contribution in [0.3, 0.4) is 0 Å². The summed E-state index contributed by atoms with van der Waals surface area (Å²) in [7, 11) is 0. The van der Waals surface area contributed by atoms with Crippen LogP contribution in [-0.2, 0) is 4.79 Å². The predicted octanol–water partition coefficient (Wildman–Crippen LogP) is 0.703. The minimum Gasteiger partial charge on any atom is -0.338 e. The van der Waals surface area contributed by atoms with Crippen molar-refractivity contribution < 1.29 is 4.79 Å². The van der Waals surface area contributed by atoms with Crippen LogP contribution in [0.2, 0.25) is 0 Å². The molecule has 1 fully saturated rings. The summed E-state index contributed by atoms with van der Waals surface area (Å²) < 4.78 is 0. The maximum absolute atomic E-state index is 11.0. The molecule has 1 aliphatic rings. The Kier molecular flexibility index (Phi) is 2.38. The largest absolute Gasteiger partial charge is 0.338 e. The van der Waals surface area contributed by atoms with E-state index in [-0.39, 0.29) is 11.2 Å². The van der Waals surface area contributed by atoms with Crippen molar-refractivity contribution in [1.82, 2.24) is 4.90 Å². The number of amides is 1. The summed E-state index contributed by atoms with van der Waals surface area (Å²) in [6, 6.07) is 0. The molecule has 0 N–H and O–H groups in total. The summed E-state index contributed by atoms with van der Waals surface area (Å²) in [5, 5.41) is 0.229. The Hall–Kier alpha value is -0.440. The number of carbonyl (C=O) groups is 1.